The minimum absolute atomic E-state index is 0.911. The Morgan fingerprint density at radius 1 is 0.452 bits per heavy atom. The first-order valence-electron chi connectivity index (χ1n) is 13.7. The van der Waals surface area contributed by atoms with Crippen LogP contribution >= 0.6 is 35.0 Å². The molecule has 0 saturated heterocycles. The van der Waals surface area contributed by atoms with Crippen molar-refractivity contribution in [3.63, 3.8) is 0 Å². The van der Waals surface area contributed by atoms with Crippen LogP contribution in [0.1, 0.15) is 128 Å². The summed E-state index contributed by atoms with van der Waals surface area (Å²) in [5.74, 6) is 1.45. The van der Waals surface area contributed by atoms with Gasteiger partial charge in [0.1, 0.15) is 5.90 Å². The monoisotopic (exact) mass is 538 g/mol. The molecule has 0 heterocycles. The SMILES string of the molecule is SP(CP(S)(=[S+]C1CCCCC1)C1CCCCC1)(=[S+]C1CCCCC1)C1CCCCC1. The third-order valence-corrected chi connectivity index (χ3v) is 31.1. The van der Waals surface area contributed by atoms with Gasteiger partial charge in [-0.3, -0.25) is 0 Å². The normalized spacial score (nSPS) is 29.7. The highest BCUT2D eigenvalue weighted by Crippen LogP contribution is 2.76. The van der Waals surface area contributed by atoms with Gasteiger partial charge >= 0.3 is 0 Å². The predicted octanol–water partition coefficient (Wildman–Crippen LogP) is 9.99. The number of thiol groups is 2. The minimum Gasteiger partial charge on any atom is -0.0965 e. The van der Waals surface area contributed by atoms with E-state index >= 15 is 0 Å². The van der Waals surface area contributed by atoms with Gasteiger partial charge in [0.25, 0.3) is 0 Å². The average molecular weight is 539 g/mol. The second kappa shape index (κ2) is 12.8. The van der Waals surface area contributed by atoms with E-state index in [4.69, 9.17) is 24.5 Å². The molecule has 0 aromatic rings. The van der Waals surface area contributed by atoms with Gasteiger partial charge in [0.05, 0.1) is 0 Å². The zero-order valence-corrected chi connectivity index (χ0v) is 25.0. The van der Waals surface area contributed by atoms with Crippen LogP contribution in [0.15, 0.2) is 0 Å². The molecule has 0 nitrogen and oxygen atoms in total. The maximum absolute atomic E-state index is 5.84. The zero-order valence-electron chi connectivity index (χ0n) is 19.8. The maximum atomic E-state index is 5.84. The van der Waals surface area contributed by atoms with E-state index in [0.717, 1.165) is 21.8 Å². The van der Waals surface area contributed by atoms with Gasteiger partial charge in [-0.15, -0.1) is 0 Å². The van der Waals surface area contributed by atoms with E-state index in [0.29, 0.717) is 0 Å². The van der Waals surface area contributed by atoms with Crippen molar-refractivity contribution in [3.05, 3.63) is 0 Å². The molecule has 0 amide bonds. The van der Waals surface area contributed by atoms with E-state index in [-0.39, 0.29) is 0 Å². The van der Waals surface area contributed by atoms with Crippen molar-refractivity contribution in [3.8, 4) is 0 Å². The lowest BCUT2D eigenvalue weighted by molar-refractivity contribution is 0.509. The Labute approximate surface area is 211 Å². The molecule has 2 unspecified atom stereocenters. The first kappa shape index (κ1) is 26.1. The largest absolute Gasteiger partial charge is 0.189 e. The average Bonchev–Trinajstić information content (AvgIpc) is 2.81. The molecule has 0 radical (unpaired) electrons. The lowest BCUT2D eigenvalue weighted by atomic mass is 10.0. The fourth-order valence-electron chi connectivity index (χ4n) is 6.59. The summed E-state index contributed by atoms with van der Waals surface area (Å²) in [7, 11) is 4.94. The van der Waals surface area contributed by atoms with Crippen LogP contribution in [0.25, 0.3) is 0 Å². The Kier molecular flexibility index (Phi) is 10.8. The van der Waals surface area contributed by atoms with Crippen molar-refractivity contribution in [2.45, 2.75) is 150 Å². The fourth-order valence-corrected chi connectivity index (χ4v) is 37.7. The summed E-state index contributed by atoms with van der Waals surface area (Å²) in [5.41, 5.74) is 1.86. The lowest BCUT2D eigenvalue weighted by Gasteiger charge is -2.32. The highest BCUT2D eigenvalue weighted by atomic mass is 32.9. The van der Waals surface area contributed by atoms with Gasteiger partial charge in [-0.05, 0) is 51.4 Å². The van der Waals surface area contributed by atoms with E-state index in [1.54, 1.807) is 0 Å². The molecule has 2 atom stereocenters. The van der Waals surface area contributed by atoms with E-state index in [2.05, 4.69) is 21.9 Å². The van der Waals surface area contributed by atoms with Crippen molar-refractivity contribution < 1.29 is 0 Å². The number of rotatable bonds is 6. The Bertz CT molecular complexity index is 596. The Morgan fingerprint density at radius 3 is 1.06 bits per heavy atom. The molecule has 180 valence electrons. The Balaban J connectivity index is 1.66. The van der Waals surface area contributed by atoms with Gasteiger partial charge in [0, 0.05) is 37.0 Å². The standard InChI is InChI=1S/C25H48P2S4/c28-26(22-13-5-1-6-14-22,30-24-17-9-3-10-18-24)21-27(29,23-15-7-2-8-16-23)31-25-19-11-4-12-20-25/h22-25,28-29H,1-21H2/q+2. The number of hydrogen-bond donors (Lipinski definition) is 2. The molecule has 4 rings (SSSR count). The van der Waals surface area contributed by atoms with Crippen LogP contribution in [-0.4, -0.2) is 27.7 Å². The van der Waals surface area contributed by atoms with Gasteiger partial charge in [0.2, 0.25) is 0 Å². The molecule has 31 heavy (non-hydrogen) atoms. The summed E-state index contributed by atoms with van der Waals surface area (Å²) in [6, 6.07) is 0. The fraction of sp³-hybridized carbons (Fsp3) is 1.00. The number of hydrogen-bond acceptors (Lipinski definition) is 0. The summed E-state index contributed by atoms with van der Waals surface area (Å²) < 4.78 is 0. The van der Waals surface area contributed by atoms with Crippen LogP contribution in [0, 0.1) is 0 Å². The van der Waals surface area contributed by atoms with Gasteiger partial charge in [-0.1, -0.05) is 75.9 Å². The van der Waals surface area contributed by atoms with Crippen molar-refractivity contribution in [1.82, 2.24) is 0 Å². The highest BCUT2D eigenvalue weighted by molar-refractivity contribution is 8.74. The van der Waals surface area contributed by atoms with Crippen molar-refractivity contribution in [2.75, 3.05) is 5.90 Å². The zero-order chi connectivity index (χ0) is 21.6. The third kappa shape index (κ3) is 7.49. The second-order valence-electron chi connectivity index (χ2n) is 11.0. The predicted molar refractivity (Wildman–Crippen MR) is 159 cm³/mol. The van der Waals surface area contributed by atoms with E-state index < -0.39 is 10.5 Å². The molecule has 0 N–H and O–H groups in total. The van der Waals surface area contributed by atoms with Crippen LogP contribution in [0.3, 0.4) is 0 Å². The smallest absolute Gasteiger partial charge is 0.0965 e. The van der Waals surface area contributed by atoms with Gasteiger partial charge in [-0.2, -0.15) is 0 Å². The maximum Gasteiger partial charge on any atom is 0.189 e. The molecule has 0 aromatic carbocycles. The topological polar surface area (TPSA) is 0 Å². The van der Waals surface area contributed by atoms with Crippen molar-refractivity contribution in [1.29, 1.82) is 0 Å². The van der Waals surface area contributed by atoms with Crippen LogP contribution in [-0.2, 0) is 21.9 Å². The van der Waals surface area contributed by atoms with Crippen molar-refractivity contribution >= 4 is 56.9 Å². The first-order valence-corrected chi connectivity index (χ1v) is 23.0. The van der Waals surface area contributed by atoms with Crippen LogP contribution in [0.2, 0.25) is 0 Å². The molecule has 6 heteroatoms. The molecule has 0 spiro atoms. The van der Waals surface area contributed by atoms with E-state index in [1.165, 1.54) is 134 Å². The molecule has 0 aromatic heterocycles. The molecule has 4 aliphatic carbocycles. The summed E-state index contributed by atoms with van der Waals surface area (Å²) >= 11 is 11.7. The molecule has 4 fully saturated rings. The molecule has 4 saturated carbocycles. The summed E-state index contributed by atoms with van der Waals surface area (Å²) in [5, 5.41) is -0.789. The molecule has 0 bridgehead atoms. The quantitative estimate of drug-likeness (QED) is 0.188. The lowest BCUT2D eigenvalue weighted by Crippen LogP contribution is -2.21. The third-order valence-electron chi connectivity index (χ3n) is 8.46. The van der Waals surface area contributed by atoms with Gasteiger partial charge < -0.3 is 0 Å². The second-order valence-corrected chi connectivity index (χ2v) is 29.4. The molecule has 4 aliphatic rings. The Morgan fingerprint density at radius 2 is 0.742 bits per heavy atom. The molecular formula is C25H48P2S4+2. The first-order chi connectivity index (χ1) is 15.1. The summed E-state index contributed by atoms with van der Waals surface area (Å²) in [6.45, 7) is 0. The van der Waals surface area contributed by atoms with Crippen LogP contribution in [0.5, 0.6) is 0 Å². The molecule has 0 aliphatic heterocycles. The van der Waals surface area contributed by atoms with Crippen LogP contribution in [0.4, 0.5) is 0 Å². The van der Waals surface area contributed by atoms with E-state index in [1.807, 2.05) is 0 Å². The van der Waals surface area contributed by atoms with E-state index in [9.17, 15) is 0 Å². The van der Waals surface area contributed by atoms with Crippen molar-refractivity contribution in [2.24, 2.45) is 0 Å². The minimum atomic E-state index is -1.31. The summed E-state index contributed by atoms with van der Waals surface area (Å²) in [4.78, 5) is 0. The molecular weight excluding hydrogens is 490 g/mol. The van der Waals surface area contributed by atoms with Gasteiger partial charge in [-0.25, -0.2) is 0 Å². The van der Waals surface area contributed by atoms with Crippen LogP contribution < -0.4 is 0 Å². The van der Waals surface area contributed by atoms with Gasteiger partial charge in [0.15, 0.2) is 42.9 Å². The Hall–Kier alpha value is 2.00. The highest BCUT2D eigenvalue weighted by Gasteiger charge is 2.49. The summed E-state index contributed by atoms with van der Waals surface area (Å²) in [6.07, 6.45) is 29.4.